The van der Waals surface area contributed by atoms with Crippen molar-refractivity contribution in [1.82, 2.24) is 9.78 Å². The molecule has 0 radical (unpaired) electrons. The molecule has 0 fully saturated rings. The lowest BCUT2D eigenvalue weighted by Crippen LogP contribution is -2.15. The molecule has 100 valence electrons. The van der Waals surface area contributed by atoms with E-state index in [1.165, 1.54) is 6.92 Å². The van der Waals surface area contributed by atoms with E-state index >= 15 is 0 Å². The molecule has 1 aromatic rings. The van der Waals surface area contributed by atoms with Crippen molar-refractivity contribution in [3.8, 4) is 6.07 Å². The standard InChI is InChI=1S/C8H10ClN3O4S2/c1-6-7(5-10)8(18(9,15)16)12(11-6)3-4-17(2,13)14/h3-4H2,1-2H3. The minimum absolute atomic E-state index is 0.168. The summed E-state index contributed by atoms with van der Waals surface area (Å²) in [4.78, 5) is 0. The molecule has 1 heterocycles. The number of hydrogen-bond donors (Lipinski definition) is 0. The Morgan fingerprint density at radius 1 is 1.39 bits per heavy atom. The summed E-state index contributed by atoms with van der Waals surface area (Å²) in [6.45, 7) is 1.27. The Kier molecular flexibility index (Phi) is 4.05. The summed E-state index contributed by atoms with van der Waals surface area (Å²) in [5, 5.41) is 12.2. The molecule has 7 nitrogen and oxygen atoms in total. The van der Waals surface area contributed by atoms with Gasteiger partial charge >= 0.3 is 0 Å². The Labute approximate surface area is 109 Å². The third-order valence-electron chi connectivity index (χ3n) is 2.10. The Hall–Kier alpha value is -1.11. The summed E-state index contributed by atoms with van der Waals surface area (Å²) in [7, 11) is -2.22. The van der Waals surface area contributed by atoms with E-state index in [1.54, 1.807) is 6.07 Å². The average Bonchev–Trinajstić information content (AvgIpc) is 2.50. The van der Waals surface area contributed by atoms with Crippen LogP contribution in [0.15, 0.2) is 5.03 Å². The molecular formula is C8H10ClN3O4S2. The molecule has 10 heteroatoms. The lowest BCUT2D eigenvalue weighted by Gasteiger charge is -2.03. The number of hydrogen-bond acceptors (Lipinski definition) is 6. The fourth-order valence-corrected chi connectivity index (χ4v) is 3.14. The van der Waals surface area contributed by atoms with Gasteiger partial charge in [0.15, 0.2) is 5.03 Å². The number of aryl methyl sites for hydroxylation is 2. The van der Waals surface area contributed by atoms with Gasteiger partial charge in [-0.25, -0.2) is 16.8 Å². The maximum absolute atomic E-state index is 11.4. The summed E-state index contributed by atoms with van der Waals surface area (Å²) in [5.74, 6) is -0.293. The van der Waals surface area contributed by atoms with Crippen molar-refractivity contribution in [2.24, 2.45) is 0 Å². The van der Waals surface area contributed by atoms with Gasteiger partial charge < -0.3 is 0 Å². The van der Waals surface area contributed by atoms with Crippen molar-refractivity contribution in [1.29, 1.82) is 5.26 Å². The van der Waals surface area contributed by atoms with E-state index in [0.29, 0.717) is 0 Å². The van der Waals surface area contributed by atoms with Crippen LogP contribution in [0.3, 0.4) is 0 Å². The molecule has 0 aliphatic carbocycles. The van der Waals surface area contributed by atoms with Gasteiger partial charge in [0.2, 0.25) is 0 Å². The highest BCUT2D eigenvalue weighted by atomic mass is 35.7. The van der Waals surface area contributed by atoms with Crippen molar-refractivity contribution < 1.29 is 16.8 Å². The monoisotopic (exact) mass is 311 g/mol. The van der Waals surface area contributed by atoms with Crippen LogP contribution in [0.2, 0.25) is 0 Å². The zero-order chi connectivity index (χ0) is 14.1. The zero-order valence-electron chi connectivity index (χ0n) is 9.58. The molecule has 0 spiro atoms. The topological polar surface area (TPSA) is 110 Å². The maximum atomic E-state index is 11.4. The second-order valence-electron chi connectivity index (χ2n) is 3.67. The van der Waals surface area contributed by atoms with E-state index in [4.69, 9.17) is 15.9 Å². The Morgan fingerprint density at radius 3 is 2.33 bits per heavy atom. The first-order chi connectivity index (χ1) is 8.06. The van der Waals surface area contributed by atoms with Crippen LogP contribution in [0, 0.1) is 18.3 Å². The molecule has 0 saturated carbocycles. The third-order valence-corrected chi connectivity index (χ3v) is 4.34. The Bertz CT molecular complexity index is 712. The molecule has 1 aromatic heterocycles. The molecule has 0 amide bonds. The maximum Gasteiger partial charge on any atom is 0.279 e. The average molecular weight is 312 g/mol. The van der Waals surface area contributed by atoms with Crippen LogP contribution in [-0.4, -0.2) is 38.6 Å². The molecule has 0 atom stereocenters. The summed E-state index contributed by atoms with van der Waals surface area (Å²) in [6.07, 6.45) is 1.02. The number of halogens is 1. The van der Waals surface area contributed by atoms with Crippen molar-refractivity contribution in [2.45, 2.75) is 18.5 Å². The molecular weight excluding hydrogens is 302 g/mol. The number of nitrogens with zero attached hydrogens (tertiary/aromatic N) is 3. The van der Waals surface area contributed by atoms with Crippen LogP contribution in [-0.2, 0) is 25.4 Å². The van der Waals surface area contributed by atoms with E-state index in [-0.39, 0.29) is 23.6 Å². The summed E-state index contributed by atoms with van der Waals surface area (Å²) in [5.41, 5.74) is 0.0173. The molecule has 0 unspecified atom stereocenters. The first-order valence-electron chi connectivity index (χ1n) is 4.66. The minimum atomic E-state index is -4.17. The quantitative estimate of drug-likeness (QED) is 0.726. The molecule has 0 bridgehead atoms. The number of aromatic nitrogens is 2. The molecule has 0 N–H and O–H groups in total. The minimum Gasteiger partial charge on any atom is -0.251 e. The Morgan fingerprint density at radius 2 is 1.94 bits per heavy atom. The highest BCUT2D eigenvalue weighted by Crippen LogP contribution is 2.22. The lowest BCUT2D eigenvalue weighted by atomic mass is 10.3. The first-order valence-corrected chi connectivity index (χ1v) is 9.03. The van der Waals surface area contributed by atoms with E-state index < -0.39 is 23.9 Å². The SMILES string of the molecule is Cc1nn(CCS(C)(=O)=O)c(S(=O)(=O)Cl)c1C#N. The van der Waals surface area contributed by atoms with Gasteiger partial charge in [-0.15, -0.1) is 0 Å². The number of rotatable bonds is 4. The first kappa shape index (κ1) is 14.9. The van der Waals surface area contributed by atoms with Crippen LogP contribution in [0.1, 0.15) is 11.3 Å². The summed E-state index contributed by atoms with van der Waals surface area (Å²) in [6, 6.07) is 1.69. The van der Waals surface area contributed by atoms with Gasteiger partial charge in [0.1, 0.15) is 21.5 Å². The van der Waals surface area contributed by atoms with Gasteiger partial charge in [-0.1, -0.05) is 0 Å². The molecule has 0 saturated heterocycles. The molecule has 1 rings (SSSR count). The van der Waals surface area contributed by atoms with E-state index in [0.717, 1.165) is 10.9 Å². The second kappa shape index (κ2) is 4.87. The predicted octanol–water partition coefficient (Wildman–Crippen LogP) is 0.0353. The molecule has 0 aromatic carbocycles. The fourth-order valence-electron chi connectivity index (χ4n) is 1.34. The van der Waals surface area contributed by atoms with Crippen molar-refractivity contribution in [2.75, 3.05) is 12.0 Å². The summed E-state index contributed by atoms with van der Waals surface area (Å²) >= 11 is 0. The number of nitriles is 1. The normalized spacial score (nSPS) is 12.3. The second-order valence-corrected chi connectivity index (χ2v) is 8.41. The predicted molar refractivity (Wildman–Crippen MR) is 64.4 cm³/mol. The largest absolute Gasteiger partial charge is 0.279 e. The van der Waals surface area contributed by atoms with Crippen molar-refractivity contribution >= 4 is 29.6 Å². The van der Waals surface area contributed by atoms with Crippen molar-refractivity contribution in [3.63, 3.8) is 0 Å². The van der Waals surface area contributed by atoms with Gasteiger partial charge in [0.05, 0.1) is 18.0 Å². The molecule has 0 aliphatic heterocycles. The zero-order valence-corrected chi connectivity index (χ0v) is 12.0. The van der Waals surface area contributed by atoms with Crippen LogP contribution >= 0.6 is 10.7 Å². The Balaban J connectivity index is 3.35. The molecule has 18 heavy (non-hydrogen) atoms. The van der Waals surface area contributed by atoms with Crippen LogP contribution in [0.5, 0.6) is 0 Å². The summed E-state index contributed by atoms with van der Waals surface area (Å²) < 4.78 is 45.8. The van der Waals surface area contributed by atoms with Crippen LogP contribution in [0.4, 0.5) is 0 Å². The van der Waals surface area contributed by atoms with Crippen LogP contribution < -0.4 is 0 Å². The highest BCUT2D eigenvalue weighted by molar-refractivity contribution is 8.13. The smallest absolute Gasteiger partial charge is 0.251 e. The van der Waals surface area contributed by atoms with Crippen molar-refractivity contribution in [3.05, 3.63) is 11.3 Å². The fraction of sp³-hybridized carbons (Fsp3) is 0.500. The lowest BCUT2D eigenvalue weighted by molar-refractivity contribution is 0.550. The van der Waals surface area contributed by atoms with Gasteiger partial charge in [0, 0.05) is 16.9 Å². The van der Waals surface area contributed by atoms with Gasteiger partial charge in [-0.05, 0) is 6.92 Å². The van der Waals surface area contributed by atoms with Gasteiger partial charge in [-0.3, -0.25) is 4.68 Å². The molecule has 0 aliphatic rings. The van der Waals surface area contributed by atoms with E-state index in [1.807, 2.05) is 0 Å². The van der Waals surface area contributed by atoms with E-state index in [2.05, 4.69) is 5.10 Å². The highest BCUT2D eigenvalue weighted by Gasteiger charge is 2.25. The van der Waals surface area contributed by atoms with Crippen LogP contribution in [0.25, 0.3) is 0 Å². The number of sulfone groups is 1. The van der Waals surface area contributed by atoms with Gasteiger partial charge in [0.25, 0.3) is 9.05 Å². The van der Waals surface area contributed by atoms with Gasteiger partial charge in [-0.2, -0.15) is 10.4 Å². The third kappa shape index (κ3) is 3.44. The van der Waals surface area contributed by atoms with E-state index in [9.17, 15) is 16.8 Å².